The Kier molecular flexibility index (Phi) is 7.53. The van der Waals surface area contributed by atoms with Crippen LogP contribution in [0.1, 0.15) is 12.6 Å². The monoisotopic (exact) mass is 461 g/mol. The van der Waals surface area contributed by atoms with Crippen molar-refractivity contribution in [2.75, 3.05) is 13.1 Å². The highest BCUT2D eigenvalue weighted by molar-refractivity contribution is 14.0. The molecular weight excluding hydrogens is 445 g/mol. The van der Waals surface area contributed by atoms with Gasteiger partial charge >= 0.3 is 0 Å². The molecule has 0 fully saturated rings. The van der Waals surface area contributed by atoms with Gasteiger partial charge in [-0.15, -0.1) is 30.4 Å². The molecule has 0 aromatic carbocycles. The summed E-state index contributed by atoms with van der Waals surface area (Å²) in [5, 5.41) is 6.18. The highest BCUT2D eigenvalue weighted by atomic mass is 127. The molecule has 0 atom stereocenters. The standard InChI is InChI=1S/C14H16BrN5.HI/c1-3-7-17-14(16-4-2)18-8-12-10-20-9-11(15)5-6-13(20)19-12;/h1,5-6,9-10H,4,7-8H2,2H3,(H2,16,17,18);1H. The summed E-state index contributed by atoms with van der Waals surface area (Å²) >= 11 is 3.44. The normalized spacial score (nSPS) is 10.8. The maximum atomic E-state index is 5.23. The van der Waals surface area contributed by atoms with Crippen molar-refractivity contribution < 1.29 is 0 Å². The van der Waals surface area contributed by atoms with Crippen LogP contribution in [0, 0.1) is 12.3 Å². The van der Waals surface area contributed by atoms with Crippen LogP contribution in [0.25, 0.3) is 5.65 Å². The Balaban J connectivity index is 0.00000220. The van der Waals surface area contributed by atoms with E-state index in [2.05, 4.69) is 42.5 Å². The summed E-state index contributed by atoms with van der Waals surface area (Å²) in [6, 6.07) is 3.92. The van der Waals surface area contributed by atoms with Crippen molar-refractivity contribution >= 4 is 51.5 Å². The van der Waals surface area contributed by atoms with Gasteiger partial charge in [0, 0.05) is 23.4 Å². The van der Waals surface area contributed by atoms with Gasteiger partial charge in [0.05, 0.1) is 18.8 Å². The summed E-state index contributed by atoms with van der Waals surface area (Å²) in [5.41, 5.74) is 1.81. The number of imidazole rings is 1. The molecule has 0 unspecified atom stereocenters. The zero-order valence-electron chi connectivity index (χ0n) is 11.6. The van der Waals surface area contributed by atoms with Crippen LogP contribution in [0.2, 0.25) is 0 Å². The summed E-state index contributed by atoms with van der Waals surface area (Å²) in [6.45, 7) is 3.74. The molecule has 0 aliphatic rings. The zero-order chi connectivity index (χ0) is 14.4. The van der Waals surface area contributed by atoms with Gasteiger partial charge in [0.1, 0.15) is 5.65 Å². The van der Waals surface area contributed by atoms with Crippen molar-refractivity contribution in [3.8, 4) is 12.3 Å². The quantitative estimate of drug-likeness (QED) is 0.318. The molecule has 0 bridgehead atoms. The Morgan fingerprint density at radius 2 is 2.24 bits per heavy atom. The predicted octanol–water partition coefficient (Wildman–Crippen LogP) is 2.40. The average Bonchev–Trinajstić information content (AvgIpc) is 2.83. The van der Waals surface area contributed by atoms with Crippen molar-refractivity contribution in [1.29, 1.82) is 0 Å². The van der Waals surface area contributed by atoms with Crippen molar-refractivity contribution in [1.82, 2.24) is 20.0 Å². The second-order valence-corrected chi connectivity index (χ2v) is 5.01. The molecule has 2 heterocycles. The van der Waals surface area contributed by atoms with Gasteiger partial charge in [0.25, 0.3) is 0 Å². The maximum absolute atomic E-state index is 5.23. The third-order valence-electron chi connectivity index (χ3n) is 2.57. The highest BCUT2D eigenvalue weighted by Gasteiger charge is 2.02. The molecule has 0 spiro atoms. The average molecular weight is 462 g/mol. The molecule has 7 heteroatoms. The molecule has 5 nitrogen and oxygen atoms in total. The number of fused-ring (bicyclic) bond motifs is 1. The van der Waals surface area contributed by atoms with Crippen LogP contribution in [-0.4, -0.2) is 28.4 Å². The first-order valence-electron chi connectivity index (χ1n) is 6.31. The van der Waals surface area contributed by atoms with E-state index in [4.69, 9.17) is 6.42 Å². The van der Waals surface area contributed by atoms with Gasteiger partial charge in [-0.05, 0) is 35.0 Å². The Labute approximate surface area is 149 Å². The summed E-state index contributed by atoms with van der Waals surface area (Å²) < 4.78 is 2.98. The lowest BCUT2D eigenvalue weighted by Gasteiger charge is -2.07. The highest BCUT2D eigenvalue weighted by Crippen LogP contribution is 2.12. The molecule has 112 valence electrons. The van der Waals surface area contributed by atoms with E-state index < -0.39 is 0 Å². The molecule has 0 radical (unpaired) electrons. The number of guanidine groups is 1. The van der Waals surface area contributed by atoms with E-state index in [-0.39, 0.29) is 24.0 Å². The number of nitrogens with one attached hydrogen (secondary N) is 2. The lowest BCUT2D eigenvalue weighted by molar-refractivity contribution is 0.860. The molecule has 21 heavy (non-hydrogen) atoms. The largest absolute Gasteiger partial charge is 0.357 e. The maximum Gasteiger partial charge on any atom is 0.192 e. The van der Waals surface area contributed by atoms with Gasteiger partial charge in [-0.3, -0.25) is 0 Å². The third-order valence-corrected chi connectivity index (χ3v) is 3.04. The first-order valence-corrected chi connectivity index (χ1v) is 7.11. The van der Waals surface area contributed by atoms with E-state index in [1.807, 2.05) is 35.9 Å². The van der Waals surface area contributed by atoms with Crippen LogP contribution >= 0.6 is 39.9 Å². The Hall–Kier alpha value is -1.27. The number of nitrogens with zero attached hydrogens (tertiary/aromatic N) is 3. The predicted molar refractivity (Wildman–Crippen MR) is 100.0 cm³/mol. The minimum absolute atomic E-state index is 0. The number of rotatable bonds is 4. The first-order chi connectivity index (χ1) is 9.72. The molecule has 0 aliphatic heterocycles. The molecule has 0 saturated carbocycles. The molecule has 2 rings (SSSR count). The van der Waals surface area contributed by atoms with Crippen LogP contribution in [0.15, 0.2) is 34.0 Å². The Bertz CT molecular complexity index is 659. The summed E-state index contributed by atoms with van der Waals surface area (Å²) in [6.07, 6.45) is 9.17. The number of hydrogen-bond donors (Lipinski definition) is 2. The van der Waals surface area contributed by atoms with Gasteiger partial charge in [-0.25, -0.2) is 9.98 Å². The number of pyridine rings is 1. The molecular formula is C14H17BrIN5. The fraction of sp³-hybridized carbons (Fsp3) is 0.286. The fourth-order valence-corrected chi connectivity index (χ4v) is 2.08. The zero-order valence-corrected chi connectivity index (χ0v) is 15.6. The van der Waals surface area contributed by atoms with Crippen LogP contribution in [0.3, 0.4) is 0 Å². The van der Waals surface area contributed by atoms with Crippen molar-refractivity contribution in [3.05, 3.63) is 34.7 Å². The van der Waals surface area contributed by atoms with Crippen molar-refractivity contribution in [2.45, 2.75) is 13.5 Å². The molecule has 0 amide bonds. The minimum atomic E-state index is 0. The van der Waals surface area contributed by atoms with E-state index in [1.54, 1.807) is 0 Å². The van der Waals surface area contributed by atoms with Gasteiger partial charge < -0.3 is 15.0 Å². The van der Waals surface area contributed by atoms with E-state index in [9.17, 15) is 0 Å². The number of halogens is 2. The fourth-order valence-electron chi connectivity index (χ4n) is 1.73. The Morgan fingerprint density at radius 1 is 1.43 bits per heavy atom. The topological polar surface area (TPSA) is 53.7 Å². The number of terminal acetylenes is 1. The number of hydrogen-bond acceptors (Lipinski definition) is 2. The summed E-state index contributed by atoms with van der Waals surface area (Å²) in [4.78, 5) is 8.96. The lowest BCUT2D eigenvalue weighted by atomic mass is 10.5. The van der Waals surface area contributed by atoms with E-state index in [1.165, 1.54) is 0 Å². The smallest absolute Gasteiger partial charge is 0.192 e. The van der Waals surface area contributed by atoms with Crippen molar-refractivity contribution in [3.63, 3.8) is 0 Å². The van der Waals surface area contributed by atoms with Gasteiger partial charge in [0.15, 0.2) is 5.96 Å². The second kappa shape index (κ2) is 8.89. The molecule has 0 saturated heterocycles. The van der Waals surface area contributed by atoms with Crippen molar-refractivity contribution in [2.24, 2.45) is 4.99 Å². The third kappa shape index (κ3) is 5.21. The van der Waals surface area contributed by atoms with Crippen LogP contribution < -0.4 is 10.6 Å². The summed E-state index contributed by atoms with van der Waals surface area (Å²) in [5.74, 6) is 3.22. The minimum Gasteiger partial charge on any atom is -0.357 e. The van der Waals surface area contributed by atoms with E-state index >= 15 is 0 Å². The molecule has 2 aromatic heterocycles. The first kappa shape index (κ1) is 17.8. The molecule has 0 aliphatic carbocycles. The van der Waals surface area contributed by atoms with E-state index in [0.717, 1.165) is 22.4 Å². The van der Waals surface area contributed by atoms with E-state index in [0.29, 0.717) is 19.0 Å². The lowest BCUT2D eigenvalue weighted by Crippen LogP contribution is -2.37. The van der Waals surface area contributed by atoms with Crippen LogP contribution in [0.5, 0.6) is 0 Å². The number of aliphatic imine (C=N–C) groups is 1. The van der Waals surface area contributed by atoms with Gasteiger partial charge in [-0.2, -0.15) is 0 Å². The van der Waals surface area contributed by atoms with Gasteiger partial charge in [-0.1, -0.05) is 5.92 Å². The Morgan fingerprint density at radius 3 is 2.95 bits per heavy atom. The molecule has 2 N–H and O–H groups in total. The van der Waals surface area contributed by atoms with Gasteiger partial charge in [0.2, 0.25) is 0 Å². The second-order valence-electron chi connectivity index (χ2n) is 4.10. The summed E-state index contributed by atoms with van der Waals surface area (Å²) in [7, 11) is 0. The molecule has 2 aromatic rings. The van der Waals surface area contributed by atoms with Crippen LogP contribution in [-0.2, 0) is 6.54 Å². The van der Waals surface area contributed by atoms with Crippen LogP contribution in [0.4, 0.5) is 0 Å². The SMILES string of the molecule is C#CCNC(=NCc1cn2cc(Br)ccc2n1)NCC.I. The number of aromatic nitrogens is 2.